The van der Waals surface area contributed by atoms with Gasteiger partial charge in [0.15, 0.2) is 0 Å². The Balaban J connectivity index is 2.49. The van der Waals surface area contributed by atoms with E-state index in [1.165, 1.54) is 14.2 Å². The maximum absolute atomic E-state index is 12.1. The van der Waals surface area contributed by atoms with E-state index < -0.39 is 19.4 Å². The monoisotopic (exact) mass is 242 g/mol. The van der Waals surface area contributed by atoms with Gasteiger partial charge in [-0.15, -0.1) is 0 Å². The average Bonchev–Trinajstić information content (AvgIpc) is 2.67. The lowest BCUT2D eigenvalue weighted by Gasteiger charge is -2.19. The van der Waals surface area contributed by atoms with Gasteiger partial charge in [-0.05, 0) is 6.07 Å². The Morgan fingerprint density at radius 3 is 2.50 bits per heavy atom. The molecule has 0 bridgehead atoms. The van der Waals surface area contributed by atoms with Gasteiger partial charge in [0, 0.05) is 19.8 Å². The van der Waals surface area contributed by atoms with Crippen LogP contribution in [0.5, 0.6) is 0 Å². The predicted molar refractivity (Wildman–Crippen MR) is 56.2 cm³/mol. The molecule has 1 aromatic rings. The van der Waals surface area contributed by atoms with Crippen LogP contribution in [0.1, 0.15) is 21.8 Å². The van der Waals surface area contributed by atoms with E-state index in [-0.39, 0.29) is 0 Å². The number of rotatable bonds is 3. The van der Waals surface area contributed by atoms with Gasteiger partial charge in [0.1, 0.15) is 0 Å². The summed E-state index contributed by atoms with van der Waals surface area (Å²) in [5.74, 6) is -1.47. The molecule has 1 aliphatic heterocycles. The topological polar surface area (TPSA) is 61.8 Å². The first-order valence-corrected chi connectivity index (χ1v) is 6.24. The number of hydrogen-bond donors (Lipinski definition) is 0. The molecule has 86 valence electrons. The van der Waals surface area contributed by atoms with Crippen LogP contribution in [0.15, 0.2) is 24.3 Å². The zero-order valence-electron chi connectivity index (χ0n) is 8.88. The summed E-state index contributed by atoms with van der Waals surface area (Å²) in [6.45, 7) is 0. The first kappa shape index (κ1) is 11.3. The van der Waals surface area contributed by atoms with Crippen molar-refractivity contribution in [2.24, 2.45) is 0 Å². The molecule has 16 heavy (non-hydrogen) atoms. The summed E-state index contributed by atoms with van der Waals surface area (Å²) in [6.07, 6.45) is 0. The predicted octanol–water partition coefficient (Wildman–Crippen LogP) is 2.34. The Hall–Kier alpha value is -1.16. The van der Waals surface area contributed by atoms with E-state index in [2.05, 4.69) is 0 Å². The highest BCUT2D eigenvalue weighted by molar-refractivity contribution is 7.54. The normalized spacial score (nSPS) is 19.4. The van der Waals surface area contributed by atoms with Crippen molar-refractivity contribution in [2.45, 2.75) is 5.85 Å². The van der Waals surface area contributed by atoms with E-state index >= 15 is 0 Å². The number of hydrogen-bond acceptors (Lipinski definition) is 5. The number of fused-ring (bicyclic) bond motifs is 1. The van der Waals surface area contributed by atoms with Crippen molar-refractivity contribution in [1.82, 2.24) is 0 Å². The third kappa shape index (κ3) is 1.57. The van der Waals surface area contributed by atoms with E-state index in [4.69, 9.17) is 13.8 Å². The molecule has 0 radical (unpaired) electrons. The van der Waals surface area contributed by atoms with Gasteiger partial charge in [-0.1, -0.05) is 18.2 Å². The molecule has 0 saturated heterocycles. The maximum atomic E-state index is 12.1. The molecule has 0 amide bonds. The van der Waals surface area contributed by atoms with Crippen molar-refractivity contribution in [3.05, 3.63) is 35.4 Å². The van der Waals surface area contributed by atoms with Gasteiger partial charge >= 0.3 is 13.6 Å². The van der Waals surface area contributed by atoms with E-state index in [9.17, 15) is 9.36 Å². The smallest absolute Gasteiger partial charge is 0.375 e. The Kier molecular flexibility index (Phi) is 2.84. The SMILES string of the molecule is COP(=O)(OC)[C@@H]1OC(=O)c2ccccc21. The molecule has 2 rings (SSSR count). The second-order valence-corrected chi connectivity index (χ2v) is 5.53. The van der Waals surface area contributed by atoms with Crippen molar-refractivity contribution >= 4 is 13.6 Å². The second-order valence-electron chi connectivity index (χ2n) is 3.25. The van der Waals surface area contributed by atoms with Crippen LogP contribution in [-0.2, 0) is 18.3 Å². The first-order valence-electron chi connectivity index (χ1n) is 4.63. The number of esters is 1. The van der Waals surface area contributed by atoms with Crippen molar-refractivity contribution in [1.29, 1.82) is 0 Å². The second kappa shape index (κ2) is 4.01. The minimum atomic E-state index is -3.44. The molecule has 0 aliphatic carbocycles. The molecular formula is C10H11O5P. The van der Waals surface area contributed by atoms with Crippen molar-refractivity contribution in [3.8, 4) is 0 Å². The van der Waals surface area contributed by atoms with Gasteiger partial charge in [0.05, 0.1) is 5.56 Å². The Morgan fingerprint density at radius 2 is 1.88 bits per heavy atom. The van der Waals surface area contributed by atoms with Gasteiger partial charge in [-0.2, -0.15) is 0 Å². The molecule has 0 saturated carbocycles. The van der Waals surface area contributed by atoms with Gasteiger partial charge in [-0.3, -0.25) is 4.57 Å². The van der Waals surface area contributed by atoms with E-state index in [0.717, 1.165) is 0 Å². The Labute approximate surface area is 92.9 Å². The molecule has 1 aromatic carbocycles. The minimum absolute atomic E-state index is 0.404. The van der Waals surface area contributed by atoms with Crippen molar-refractivity contribution in [3.63, 3.8) is 0 Å². The molecule has 0 aromatic heterocycles. The highest BCUT2D eigenvalue weighted by Gasteiger charge is 2.45. The third-order valence-electron chi connectivity index (χ3n) is 2.46. The Bertz CT molecular complexity index is 462. The highest BCUT2D eigenvalue weighted by atomic mass is 31.2. The number of benzene rings is 1. The zero-order chi connectivity index (χ0) is 11.8. The number of carbonyl (C=O) groups excluding carboxylic acids is 1. The Morgan fingerprint density at radius 1 is 1.25 bits per heavy atom. The quantitative estimate of drug-likeness (QED) is 0.601. The molecule has 5 nitrogen and oxygen atoms in total. The van der Waals surface area contributed by atoms with Gasteiger partial charge in [0.2, 0.25) is 5.85 Å². The number of cyclic esters (lactones) is 1. The van der Waals surface area contributed by atoms with Crippen LogP contribution < -0.4 is 0 Å². The first-order chi connectivity index (χ1) is 7.62. The van der Waals surface area contributed by atoms with Crippen molar-refractivity contribution < 1.29 is 23.1 Å². The third-order valence-corrected chi connectivity index (χ3v) is 4.44. The fourth-order valence-electron chi connectivity index (χ4n) is 1.63. The molecular weight excluding hydrogens is 231 g/mol. The van der Waals surface area contributed by atoms with Crippen LogP contribution in [-0.4, -0.2) is 20.2 Å². The molecule has 0 N–H and O–H groups in total. The summed E-state index contributed by atoms with van der Waals surface area (Å²) in [6, 6.07) is 6.75. The zero-order valence-corrected chi connectivity index (χ0v) is 9.77. The number of ether oxygens (including phenoxy) is 1. The lowest BCUT2D eigenvalue weighted by molar-refractivity contribution is 0.0456. The van der Waals surface area contributed by atoms with Gasteiger partial charge in [-0.25, -0.2) is 4.79 Å². The van der Waals surface area contributed by atoms with Gasteiger partial charge < -0.3 is 13.8 Å². The lowest BCUT2D eigenvalue weighted by atomic mass is 10.1. The van der Waals surface area contributed by atoms with Crippen LogP contribution in [0, 0.1) is 0 Å². The van der Waals surface area contributed by atoms with Crippen LogP contribution in [0.4, 0.5) is 0 Å². The van der Waals surface area contributed by atoms with Crippen molar-refractivity contribution in [2.75, 3.05) is 14.2 Å². The van der Waals surface area contributed by atoms with Crippen LogP contribution in [0.3, 0.4) is 0 Å². The fraction of sp³-hybridized carbons (Fsp3) is 0.300. The van der Waals surface area contributed by atoms with E-state index in [1.54, 1.807) is 24.3 Å². The molecule has 1 atom stereocenters. The minimum Gasteiger partial charge on any atom is -0.441 e. The molecule has 6 heteroatoms. The van der Waals surface area contributed by atoms with Crippen LogP contribution in [0.25, 0.3) is 0 Å². The lowest BCUT2D eigenvalue weighted by Crippen LogP contribution is -2.03. The summed E-state index contributed by atoms with van der Waals surface area (Å²) in [5, 5.41) is 0. The molecule has 0 fully saturated rings. The molecule has 1 aliphatic rings. The highest BCUT2D eigenvalue weighted by Crippen LogP contribution is 2.62. The number of carbonyl (C=O) groups is 1. The summed E-state index contributed by atoms with van der Waals surface area (Å²) in [5.41, 5.74) is 0.946. The molecule has 0 unspecified atom stereocenters. The summed E-state index contributed by atoms with van der Waals surface area (Å²) < 4.78 is 26.8. The van der Waals surface area contributed by atoms with Gasteiger partial charge in [0.25, 0.3) is 0 Å². The van der Waals surface area contributed by atoms with Crippen LogP contribution >= 0.6 is 7.60 Å². The maximum Gasteiger partial charge on any atom is 0.375 e. The van der Waals surface area contributed by atoms with E-state index in [0.29, 0.717) is 11.1 Å². The summed E-state index contributed by atoms with van der Waals surface area (Å²) in [7, 11) is -0.916. The van der Waals surface area contributed by atoms with Crippen LogP contribution in [0.2, 0.25) is 0 Å². The average molecular weight is 242 g/mol. The molecule has 0 spiro atoms. The fourth-order valence-corrected chi connectivity index (χ4v) is 2.95. The standard InChI is InChI=1S/C10H11O5P/c1-13-16(12,14-2)10-8-6-4-3-5-7(8)9(11)15-10/h3-6,10H,1-2H3/t10-/m0/s1. The molecule has 1 heterocycles. The summed E-state index contributed by atoms with van der Waals surface area (Å²) in [4.78, 5) is 11.5. The summed E-state index contributed by atoms with van der Waals surface area (Å²) >= 11 is 0. The largest absolute Gasteiger partial charge is 0.441 e. The van der Waals surface area contributed by atoms with E-state index in [1.807, 2.05) is 0 Å².